The predicted molar refractivity (Wildman–Crippen MR) is 72.0 cm³/mol. The quantitative estimate of drug-likeness (QED) is 0.722. The lowest BCUT2D eigenvalue weighted by Gasteiger charge is -2.47. The second-order valence-corrected chi connectivity index (χ2v) is 5.66. The number of likely N-dealkylation sites (tertiary alicyclic amines) is 1. The molecule has 0 aliphatic carbocycles. The van der Waals surface area contributed by atoms with Gasteiger partial charge in [-0.15, -0.1) is 6.58 Å². The zero-order chi connectivity index (χ0) is 13.4. The van der Waals surface area contributed by atoms with E-state index >= 15 is 0 Å². The van der Waals surface area contributed by atoms with Gasteiger partial charge in [-0.25, -0.2) is 0 Å². The van der Waals surface area contributed by atoms with Crippen molar-refractivity contribution in [3.05, 3.63) is 24.4 Å². The van der Waals surface area contributed by atoms with Crippen LogP contribution in [-0.2, 0) is 9.59 Å². The Hall–Kier alpha value is -1.58. The highest BCUT2D eigenvalue weighted by molar-refractivity contribution is 5.84. The normalized spacial score (nSPS) is 30.0. The molecule has 0 saturated carbocycles. The summed E-state index contributed by atoms with van der Waals surface area (Å²) >= 11 is 0. The third kappa shape index (κ3) is 2.09. The number of nitrogens with zero attached hydrogens (tertiary/aromatic N) is 2. The third-order valence-corrected chi connectivity index (χ3v) is 4.42. The molecule has 0 aromatic heterocycles. The van der Waals surface area contributed by atoms with Crippen LogP contribution in [0.3, 0.4) is 0 Å². The van der Waals surface area contributed by atoms with Gasteiger partial charge in [0.05, 0.1) is 5.92 Å². The molecule has 2 saturated heterocycles. The van der Waals surface area contributed by atoms with Crippen molar-refractivity contribution in [1.29, 1.82) is 0 Å². The number of hydrogen-bond acceptors (Lipinski definition) is 2. The van der Waals surface area contributed by atoms with Gasteiger partial charge in [-0.05, 0) is 19.3 Å². The van der Waals surface area contributed by atoms with E-state index < -0.39 is 0 Å². The van der Waals surface area contributed by atoms with Crippen molar-refractivity contribution < 1.29 is 9.59 Å². The minimum Gasteiger partial charge on any atom is -0.341 e. The Labute approximate surface area is 113 Å². The van der Waals surface area contributed by atoms with Crippen LogP contribution in [0, 0.1) is 11.8 Å². The minimum atomic E-state index is 0.00256. The SMILES string of the molecule is C=CCCN1C[C@@H]2C[C@@H](CN3C(=O)CCC=C23)C1=O. The van der Waals surface area contributed by atoms with Crippen LogP contribution >= 0.6 is 0 Å². The molecule has 0 aromatic rings. The third-order valence-electron chi connectivity index (χ3n) is 4.42. The van der Waals surface area contributed by atoms with Crippen LogP contribution < -0.4 is 0 Å². The second-order valence-electron chi connectivity index (χ2n) is 5.66. The smallest absolute Gasteiger partial charge is 0.227 e. The molecule has 0 unspecified atom stereocenters. The van der Waals surface area contributed by atoms with E-state index in [2.05, 4.69) is 12.7 Å². The molecule has 19 heavy (non-hydrogen) atoms. The van der Waals surface area contributed by atoms with Gasteiger partial charge >= 0.3 is 0 Å². The van der Waals surface area contributed by atoms with Gasteiger partial charge in [-0.1, -0.05) is 12.2 Å². The largest absolute Gasteiger partial charge is 0.341 e. The fraction of sp³-hybridized carbons (Fsp3) is 0.600. The highest BCUT2D eigenvalue weighted by Gasteiger charge is 2.44. The van der Waals surface area contributed by atoms with Crippen molar-refractivity contribution in [2.45, 2.75) is 25.7 Å². The van der Waals surface area contributed by atoms with Crippen LogP contribution in [0.25, 0.3) is 0 Å². The standard InChI is InChI=1S/C15H20N2O2/c1-2-3-7-16-9-11-8-12(15(16)19)10-17-13(11)5-4-6-14(17)18/h2,5,11-12H,1,3-4,6-10H2/t11-,12-/m0/s1. The number of carbonyl (C=O) groups excluding carboxylic acids is 2. The average Bonchev–Trinajstić information content (AvgIpc) is 2.42. The number of rotatable bonds is 3. The zero-order valence-electron chi connectivity index (χ0n) is 11.2. The van der Waals surface area contributed by atoms with E-state index in [1.807, 2.05) is 15.9 Å². The number of allylic oxidation sites excluding steroid dienone is 1. The van der Waals surface area contributed by atoms with Crippen LogP contribution in [0.2, 0.25) is 0 Å². The second kappa shape index (κ2) is 4.83. The summed E-state index contributed by atoms with van der Waals surface area (Å²) in [6.07, 6.45) is 7.26. The van der Waals surface area contributed by atoms with E-state index in [9.17, 15) is 9.59 Å². The molecule has 0 spiro atoms. The number of amides is 2. The molecule has 2 bridgehead atoms. The van der Waals surface area contributed by atoms with Gasteiger partial charge in [0.25, 0.3) is 0 Å². The summed E-state index contributed by atoms with van der Waals surface area (Å²) < 4.78 is 0. The van der Waals surface area contributed by atoms with Gasteiger partial charge < -0.3 is 9.80 Å². The monoisotopic (exact) mass is 260 g/mol. The summed E-state index contributed by atoms with van der Waals surface area (Å²) in [6.45, 7) is 5.83. The summed E-state index contributed by atoms with van der Waals surface area (Å²) in [5, 5.41) is 0. The zero-order valence-corrected chi connectivity index (χ0v) is 11.2. The molecule has 102 valence electrons. The van der Waals surface area contributed by atoms with Crippen LogP contribution in [0.5, 0.6) is 0 Å². The molecule has 4 nitrogen and oxygen atoms in total. The number of piperidine rings is 2. The maximum absolute atomic E-state index is 12.4. The average molecular weight is 260 g/mol. The van der Waals surface area contributed by atoms with Gasteiger partial charge in [0.2, 0.25) is 11.8 Å². The van der Waals surface area contributed by atoms with Crippen LogP contribution in [0.4, 0.5) is 0 Å². The lowest BCUT2D eigenvalue weighted by atomic mass is 9.80. The van der Waals surface area contributed by atoms with E-state index in [0.717, 1.165) is 32.4 Å². The summed E-state index contributed by atoms with van der Waals surface area (Å²) in [4.78, 5) is 28.1. The molecular formula is C15H20N2O2. The fourth-order valence-electron chi connectivity index (χ4n) is 3.50. The maximum atomic E-state index is 12.4. The first kappa shape index (κ1) is 12.5. The van der Waals surface area contributed by atoms with Gasteiger partial charge in [-0.2, -0.15) is 0 Å². The summed E-state index contributed by atoms with van der Waals surface area (Å²) in [5.41, 5.74) is 1.17. The molecule has 3 aliphatic rings. The Kier molecular flexibility index (Phi) is 3.17. The fourth-order valence-corrected chi connectivity index (χ4v) is 3.50. The molecule has 0 N–H and O–H groups in total. The van der Waals surface area contributed by atoms with Gasteiger partial charge in [-0.3, -0.25) is 9.59 Å². The summed E-state index contributed by atoms with van der Waals surface area (Å²) in [7, 11) is 0. The van der Waals surface area contributed by atoms with Crippen molar-refractivity contribution in [1.82, 2.24) is 9.80 Å². The van der Waals surface area contributed by atoms with Gasteiger partial charge in [0.1, 0.15) is 0 Å². The van der Waals surface area contributed by atoms with Crippen molar-refractivity contribution in [2.75, 3.05) is 19.6 Å². The number of carbonyl (C=O) groups is 2. The molecule has 3 aliphatic heterocycles. The first-order valence-corrected chi connectivity index (χ1v) is 7.11. The molecule has 0 aromatic carbocycles. The van der Waals surface area contributed by atoms with E-state index in [1.54, 1.807) is 0 Å². The number of fused-ring (bicyclic) bond motifs is 4. The van der Waals surface area contributed by atoms with Crippen molar-refractivity contribution in [3.8, 4) is 0 Å². The van der Waals surface area contributed by atoms with Gasteiger partial charge in [0, 0.05) is 37.7 Å². The topological polar surface area (TPSA) is 40.6 Å². The minimum absolute atomic E-state index is 0.00256. The van der Waals surface area contributed by atoms with Crippen LogP contribution in [-0.4, -0.2) is 41.2 Å². The molecule has 3 rings (SSSR count). The Balaban J connectivity index is 1.81. The number of hydrogen-bond donors (Lipinski definition) is 0. The van der Waals surface area contributed by atoms with Crippen molar-refractivity contribution >= 4 is 11.8 Å². The lowest BCUT2D eigenvalue weighted by Crippen LogP contribution is -2.56. The van der Waals surface area contributed by atoms with E-state index in [0.29, 0.717) is 18.9 Å². The summed E-state index contributed by atoms with van der Waals surface area (Å²) in [5.74, 6) is 0.767. The van der Waals surface area contributed by atoms with Crippen LogP contribution in [0.1, 0.15) is 25.7 Å². The Morgan fingerprint density at radius 1 is 1.32 bits per heavy atom. The first-order chi connectivity index (χ1) is 9.20. The summed E-state index contributed by atoms with van der Waals surface area (Å²) in [6, 6.07) is 0. The first-order valence-electron chi connectivity index (χ1n) is 7.11. The molecule has 4 heteroatoms. The van der Waals surface area contributed by atoms with E-state index in [1.165, 1.54) is 5.70 Å². The molecule has 2 amide bonds. The highest BCUT2D eigenvalue weighted by atomic mass is 16.2. The van der Waals surface area contributed by atoms with Crippen LogP contribution in [0.15, 0.2) is 24.4 Å². The van der Waals surface area contributed by atoms with E-state index in [-0.39, 0.29) is 17.7 Å². The molecule has 3 heterocycles. The predicted octanol–water partition coefficient (Wildman–Crippen LogP) is 1.55. The van der Waals surface area contributed by atoms with Crippen molar-refractivity contribution in [2.24, 2.45) is 11.8 Å². The molecule has 2 fully saturated rings. The molecule has 2 atom stereocenters. The lowest BCUT2D eigenvalue weighted by molar-refractivity contribution is -0.146. The maximum Gasteiger partial charge on any atom is 0.227 e. The molecule has 0 radical (unpaired) electrons. The van der Waals surface area contributed by atoms with Crippen molar-refractivity contribution in [3.63, 3.8) is 0 Å². The molecular weight excluding hydrogens is 240 g/mol. The van der Waals surface area contributed by atoms with E-state index in [4.69, 9.17) is 0 Å². The Bertz CT molecular complexity index is 455. The highest BCUT2D eigenvalue weighted by Crippen LogP contribution is 2.38. The van der Waals surface area contributed by atoms with Gasteiger partial charge in [0.15, 0.2) is 0 Å². The Morgan fingerprint density at radius 3 is 2.95 bits per heavy atom. The Morgan fingerprint density at radius 2 is 2.16 bits per heavy atom.